The first-order valence-electron chi connectivity index (χ1n) is 11.1. The van der Waals surface area contributed by atoms with Crippen molar-refractivity contribution < 1.29 is 33.4 Å². The first kappa shape index (κ1) is 26.5. The number of hydrogen-bond donors (Lipinski definition) is 2. The van der Waals surface area contributed by atoms with Crippen LogP contribution in [0.25, 0.3) is 0 Å². The van der Waals surface area contributed by atoms with E-state index >= 15 is 0 Å². The molecule has 0 saturated carbocycles. The molecule has 0 bridgehead atoms. The van der Waals surface area contributed by atoms with Gasteiger partial charge in [0.05, 0.1) is 24.3 Å². The van der Waals surface area contributed by atoms with E-state index in [-0.39, 0.29) is 55.4 Å². The van der Waals surface area contributed by atoms with Gasteiger partial charge in [-0.1, -0.05) is 30.3 Å². The van der Waals surface area contributed by atoms with Crippen LogP contribution in [0.2, 0.25) is 0 Å². The number of aromatic amines is 1. The molecular formula is C25H30N2O7. The van der Waals surface area contributed by atoms with Gasteiger partial charge in [0, 0.05) is 30.6 Å². The summed E-state index contributed by atoms with van der Waals surface area (Å²) in [5, 5.41) is 2.56. The fraction of sp³-hybridized carbons (Fsp3) is 0.400. The van der Waals surface area contributed by atoms with Gasteiger partial charge < -0.3 is 19.8 Å². The second-order valence-corrected chi connectivity index (χ2v) is 7.73. The predicted molar refractivity (Wildman–Crippen MR) is 124 cm³/mol. The number of amides is 1. The van der Waals surface area contributed by atoms with Gasteiger partial charge in [-0.3, -0.25) is 19.2 Å². The number of H-pyrrole nitrogens is 1. The number of hydrogen-bond acceptors (Lipinski definition) is 7. The number of Topliss-reactive ketones (excluding diaryl/α,β-unsaturated/α-hetero) is 2. The Morgan fingerprint density at radius 3 is 2.32 bits per heavy atom. The van der Waals surface area contributed by atoms with Gasteiger partial charge in [-0.2, -0.15) is 0 Å². The molecule has 0 unspecified atom stereocenters. The van der Waals surface area contributed by atoms with E-state index in [1.54, 1.807) is 51.1 Å². The van der Waals surface area contributed by atoms with Crippen molar-refractivity contribution in [2.45, 2.75) is 53.1 Å². The lowest BCUT2D eigenvalue weighted by atomic mass is 10.1. The summed E-state index contributed by atoms with van der Waals surface area (Å²) >= 11 is 0. The lowest BCUT2D eigenvalue weighted by Gasteiger charge is -2.12. The molecule has 182 valence electrons. The van der Waals surface area contributed by atoms with Crippen LogP contribution in [0.15, 0.2) is 30.3 Å². The molecule has 2 rings (SSSR count). The van der Waals surface area contributed by atoms with Crippen molar-refractivity contribution in [2.24, 2.45) is 0 Å². The molecule has 1 aromatic carbocycles. The highest BCUT2D eigenvalue weighted by atomic mass is 16.5. The minimum atomic E-state index is -1.08. The first-order valence-corrected chi connectivity index (χ1v) is 11.1. The van der Waals surface area contributed by atoms with Crippen LogP contribution < -0.4 is 5.32 Å². The van der Waals surface area contributed by atoms with E-state index in [9.17, 15) is 24.0 Å². The normalized spacial score (nSPS) is 11.4. The molecule has 2 aromatic rings. The van der Waals surface area contributed by atoms with Gasteiger partial charge in [0.15, 0.2) is 11.9 Å². The zero-order valence-corrected chi connectivity index (χ0v) is 19.9. The summed E-state index contributed by atoms with van der Waals surface area (Å²) in [6.07, 6.45) is -1.15. The largest absolute Gasteiger partial charge is 0.462 e. The van der Waals surface area contributed by atoms with E-state index in [1.807, 2.05) is 0 Å². The number of ketones is 2. The molecule has 1 amide bonds. The maximum atomic E-state index is 12.7. The quantitative estimate of drug-likeness (QED) is 0.360. The zero-order chi connectivity index (χ0) is 25.3. The summed E-state index contributed by atoms with van der Waals surface area (Å²) in [4.78, 5) is 63.8. The Hall–Kier alpha value is -3.75. The van der Waals surface area contributed by atoms with Crippen LogP contribution in [-0.4, -0.2) is 53.7 Å². The van der Waals surface area contributed by atoms with Gasteiger partial charge in [0.2, 0.25) is 11.7 Å². The Morgan fingerprint density at radius 1 is 1.00 bits per heavy atom. The molecule has 0 spiro atoms. The minimum Gasteiger partial charge on any atom is -0.462 e. The van der Waals surface area contributed by atoms with Gasteiger partial charge in [-0.05, 0) is 33.3 Å². The van der Waals surface area contributed by atoms with E-state index in [2.05, 4.69) is 10.3 Å². The van der Waals surface area contributed by atoms with Gasteiger partial charge >= 0.3 is 11.9 Å². The van der Waals surface area contributed by atoms with Crippen molar-refractivity contribution in [3.8, 4) is 0 Å². The molecule has 1 heterocycles. The van der Waals surface area contributed by atoms with Crippen molar-refractivity contribution in [1.29, 1.82) is 0 Å². The fourth-order valence-corrected chi connectivity index (χ4v) is 3.41. The molecule has 9 heteroatoms. The van der Waals surface area contributed by atoms with Crippen molar-refractivity contribution in [3.05, 3.63) is 58.4 Å². The summed E-state index contributed by atoms with van der Waals surface area (Å²) in [6.45, 7) is 6.63. The highest BCUT2D eigenvalue weighted by molar-refractivity contribution is 6.04. The number of aryl methyl sites for hydroxylation is 1. The molecule has 0 fully saturated rings. The monoisotopic (exact) mass is 470 g/mol. The highest BCUT2D eigenvalue weighted by Gasteiger charge is 2.27. The molecule has 0 aliphatic heterocycles. The summed E-state index contributed by atoms with van der Waals surface area (Å²) in [7, 11) is 0. The molecule has 1 atom stereocenters. The summed E-state index contributed by atoms with van der Waals surface area (Å²) in [5.74, 6) is -2.16. The summed E-state index contributed by atoms with van der Waals surface area (Å²) < 4.78 is 10.2. The average Bonchev–Trinajstić information content (AvgIpc) is 3.11. The van der Waals surface area contributed by atoms with Crippen molar-refractivity contribution in [3.63, 3.8) is 0 Å². The third-order valence-corrected chi connectivity index (χ3v) is 5.17. The number of rotatable bonds is 12. The van der Waals surface area contributed by atoms with Crippen LogP contribution in [-0.2, 0) is 19.1 Å². The average molecular weight is 471 g/mol. The zero-order valence-electron chi connectivity index (χ0n) is 19.9. The minimum absolute atomic E-state index is 0.00587. The van der Waals surface area contributed by atoms with Crippen LogP contribution >= 0.6 is 0 Å². The Balaban J connectivity index is 1.79. The van der Waals surface area contributed by atoms with Gasteiger partial charge in [-0.15, -0.1) is 0 Å². The lowest BCUT2D eigenvalue weighted by molar-refractivity contribution is -0.146. The molecular weight excluding hydrogens is 440 g/mol. The van der Waals surface area contributed by atoms with Crippen molar-refractivity contribution in [2.75, 3.05) is 13.2 Å². The number of benzene rings is 1. The van der Waals surface area contributed by atoms with E-state index in [4.69, 9.17) is 9.47 Å². The third-order valence-electron chi connectivity index (χ3n) is 5.17. The molecule has 34 heavy (non-hydrogen) atoms. The fourth-order valence-electron chi connectivity index (χ4n) is 3.41. The molecule has 2 N–H and O–H groups in total. The maximum Gasteiger partial charge on any atom is 0.340 e. The number of carbonyl (C=O) groups is 5. The third kappa shape index (κ3) is 7.13. The summed E-state index contributed by atoms with van der Waals surface area (Å²) in [5.41, 5.74) is 1.93. The molecule has 0 radical (unpaired) electrons. The number of nitrogens with one attached hydrogen (secondary N) is 2. The Bertz CT molecular complexity index is 1060. The SMILES string of the molecule is CCOC(=O)c1c(C)[nH]c(C(=O)[C@@H](C)OC(=O)CCNC(=O)CCC(=O)c2ccccc2)c1C. The summed E-state index contributed by atoms with van der Waals surface area (Å²) in [6, 6.07) is 8.68. The van der Waals surface area contributed by atoms with Crippen molar-refractivity contribution in [1.82, 2.24) is 10.3 Å². The number of aromatic nitrogens is 1. The Kier molecular flexibility index (Phi) is 9.73. The standard InChI is InChI=1S/C25H30N2O7/c1-5-33-25(32)22-15(2)23(27-16(22)3)24(31)17(4)34-21(30)13-14-26-20(29)12-11-19(28)18-9-7-6-8-10-18/h6-10,17,27H,5,11-14H2,1-4H3,(H,26,29)/t17-/m1/s1. The van der Waals surface area contributed by atoms with Gasteiger partial charge in [0.1, 0.15) is 0 Å². The van der Waals surface area contributed by atoms with Gasteiger partial charge in [-0.25, -0.2) is 4.79 Å². The van der Waals surface area contributed by atoms with Crippen LogP contribution in [0, 0.1) is 13.8 Å². The number of ether oxygens (including phenoxy) is 2. The highest BCUT2D eigenvalue weighted by Crippen LogP contribution is 2.21. The van der Waals surface area contributed by atoms with Crippen LogP contribution in [0.4, 0.5) is 0 Å². The van der Waals surface area contributed by atoms with E-state index in [1.165, 1.54) is 6.92 Å². The van der Waals surface area contributed by atoms with Crippen LogP contribution in [0.1, 0.15) is 75.6 Å². The van der Waals surface area contributed by atoms with Gasteiger partial charge in [0.25, 0.3) is 0 Å². The Labute approximate surface area is 198 Å². The predicted octanol–water partition coefficient (Wildman–Crippen LogP) is 3.09. The first-order chi connectivity index (χ1) is 16.1. The molecule has 0 aliphatic rings. The van der Waals surface area contributed by atoms with Crippen molar-refractivity contribution >= 4 is 29.4 Å². The second-order valence-electron chi connectivity index (χ2n) is 7.73. The molecule has 0 aliphatic carbocycles. The number of esters is 2. The number of carbonyl (C=O) groups excluding carboxylic acids is 5. The molecule has 9 nitrogen and oxygen atoms in total. The smallest absolute Gasteiger partial charge is 0.340 e. The lowest BCUT2D eigenvalue weighted by Crippen LogP contribution is -2.29. The van der Waals surface area contributed by atoms with Crippen LogP contribution in [0.5, 0.6) is 0 Å². The van der Waals surface area contributed by atoms with E-state index < -0.39 is 23.8 Å². The van der Waals surface area contributed by atoms with E-state index in [0.29, 0.717) is 16.8 Å². The Morgan fingerprint density at radius 2 is 1.68 bits per heavy atom. The molecule has 1 aromatic heterocycles. The van der Waals surface area contributed by atoms with Crippen LogP contribution in [0.3, 0.4) is 0 Å². The van der Waals surface area contributed by atoms with E-state index in [0.717, 1.165) is 0 Å². The maximum absolute atomic E-state index is 12.7. The second kappa shape index (κ2) is 12.5. The molecule has 0 saturated heterocycles. The topological polar surface area (TPSA) is 132 Å².